The second kappa shape index (κ2) is 18.5. The Morgan fingerprint density at radius 2 is 1.00 bits per heavy atom. The summed E-state index contributed by atoms with van der Waals surface area (Å²) in [5.74, 6) is 0. The van der Waals surface area contributed by atoms with Gasteiger partial charge in [-0.2, -0.15) is 14.1 Å². The summed E-state index contributed by atoms with van der Waals surface area (Å²) in [5.41, 5.74) is 0.297. The molecule has 0 heterocycles. The molecular formula is C18H42MoN4. The van der Waals surface area contributed by atoms with Crippen LogP contribution in [0.5, 0.6) is 0 Å². The second-order valence-electron chi connectivity index (χ2n) is 6.68. The van der Waals surface area contributed by atoms with Gasteiger partial charge in [-0.15, -0.1) is 13.1 Å². The number of nitrogens with zero attached hydrogens (tertiary/aromatic N) is 4. The quantitative estimate of drug-likeness (QED) is 0.404. The molecule has 0 aliphatic rings. The molecule has 0 rings (SSSR count). The van der Waals surface area contributed by atoms with Crippen LogP contribution in [0.25, 0.3) is 10.6 Å². The molecule has 0 radical (unpaired) electrons. The molecule has 0 atom stereocenters. The van der Waals surface area contributed by atoms with E-state index in [1.165, 1.54) is 12.8 Å². The first-order chi connectivity index (χ1) is 10.7. The molecule has 0 bridgehead atoms. The molecule has 140 valence electrons. The summed E-state index contributed by atoms with van der Waals surface area (Å²) in [6, 6.07) is 0. The summed E-state index contributed by atoms with van der Waals surface area (Å²) in [6.07, 6.45) is 4.58. The van der Waals surface area contributed by atoms with Crippen LogP contribution in [0.3, 0.4) is 0 Å². The molecule has 0 aromatic carbocycles. The van der Waals surface area contributed by atoms with E-state index in [4.69, 9.17) is 0 Å². The Bertz CT molecular complexity index is 265. The SMILES string of the molecule is CCC(C)(C)[N]=[Mo+2]=[N]C(C)(C)CC.CCC[N-]C.CCC[N-]C. The van der Waals surface area contributed by atoms with Crippen LogP contribution in [0.1, 0.15) is 81.1 Å². The summed E-state index contributed by atoms with van der Waals surface area (Å²) in [4.78, 5) is 0. The fourth-order valence-corrected chi connectivity index (χ4v) is 2.64. The van der Waals surface area contributed by atoms with Gasteiger partial charge in [-0.1, -0.05) is 26.7 Å². The number of hydrogen-bond acceptors (Lipinski definition) is 2. The van der Waals surface area contributed by atoms with Crippen LogP contribution in [-0.4, -0.2) is 38.3 Å². The van der Waals surface area contributed by atoms with Crippen molar-refractivity contribution in [3.63, 3.8) is 0 Å². The van der Waals surface area contributed by atoms with E-state index in [0.717, 1.165) is 25.9 Å². The normalized spacial score (nSPS) is 10.5. The summed E-state index contributed by atoms with van der Waals surface area (Å²) in [7, 11) is 3.67. The van der Waals surface area contributed by atoms with Gasteiger partial charge in [0, 0.05) is 0 Å². The first-order valence-electron chi connectivity index (χ1n) is 8.87. The zero-order chi connectivity index (χ0) is 18.8. The van der Waals surface area contributed by atoms with E-state index in [-0.39, 0.29) is 11.1 Å². The standard InChI is InChI=1S/2C5H11N.2C4H10N.Mo/c2*1-4-5(2,3)6;2*1-3-4-5-2;/h2*4H2,1-3H3;2*3-4H2,1-2H3;/q;;2*-1;+2. The van der Waals surface area contributed by atoms with Gasteiger partial charge in [-0.25, -0.2) is 0 Å². The monoisotopic (exact) mass is 412 g/mol. The number of hydrogen-bond donors (Lipinski definition) is 0. The molecule has 4 nitrogen and oxygen atoms in total. The summed E-state index contributed by atoms with van der Waals surface area (Å²) in [5, 5.41) is 7.71. The van der Waals surface area contributed by atoms with E-state index in [1.54, 1.807) is 0 Å². The molecule has 0 saturated heterocycles. The smallest absolute Gasteiger partial charge is 0.0670 e. The van der Waals surface area contributed by atoms with Crippen LogP contribution >= 0.6 is 0 Å². The van der Waals surface area contributed by atoms with Crippen molar-refractivity contribution in [1.82, 2.24) is 0 Å². The Morgan fingerprint density at radius 1 is 0.696 bits per heavy atom. The van der Waals surface area contributed by atoms with E-state index in [1.807, 2.05) is 14.1 Å². The molecule has 0 amide bonds. The average Bonchev–Trinajstić information content (AvgIpc) is 2.50. The van der Waals surface area contributed by atoms with E-state index in [0.29, 0.717) is 0 Å². The molecule has 5 heteroatoms. The van der Waals surface area contributed by atoms with Crippen molar-refractivity contribution in [2.24, 2.45) is 6.99 Å². The molecule has 23 heavy (non-hydrogen) atoms. The van der Waals surface area contributed by atoms with Gasteiger partial charge >= 0.3 is 90.7 Å². The minimum Gasteiger partial charge on any atom is -0.665 e. The average molecular weight is 411 g/mol. The molecule has 0 unspecified atom stereocenters. The molecule has 0 N–H and O–H groups in total. The fourth-order valence-electron chi connectivity index (χ4n) is 0.818. The Kier molecular flexibility index (Phi) is 22.6. The van der Waals surface area contributed by atoms with Gasteiger partial charge in [0.1, 0.15) is 0 Å². The van der Waals surface area contributed by atoms with Crippen molar-refractivity contribution in [3.05, 3.63) is 10.6 Å². The predicted molar refractivity (Wildman–Crippen MR) is 102 cm³/mol. The third-order valence-electron chi connectivity index (χ3n) is 3.20. The van der Waals surface area contributed by atoms with Gasteiger partial charge in [0.25, 0.3) is 0 Å². The molecule has 0 aliphatic carbocycles. The zero-order valence-corrected chi connectivity index (χ0v) is 19.4. The minimum atomic E-state index is -0.492. The van der Waals surface area contributed by atoms with Gasteiger partial charge in [0.2, 0.25) is 0 Å². The molecular weight excluding hydrogens is 368 g/mol. The third kappa shape index (κ3) is 27.4. The maximum Gasteiger partial charge on any atom is -0.0670 e. The molecule has 0 aromatic rings. The van der Waals surface area contributed by atoms with Crippen LogP contribution in [0, 0.1) is 0 Å². The predicted octanol–water partition coefficient (Wildman–Crippen LogP) is 6.61. The van der Waals surface area contributed by atoms with Gasteiger partial charge in [0.05, 0.1) is 0 Å². The van der Waals surface area contributed by atoms with Crippen molar-refractivity contribution in [1.29, 1.82) is 0 Å². The third-order valence-corrected chi connectivity index (χ3v) is 6.03. The molecule has 0 spiro atoms. The van der Waals surface area contributed by atoms with Gasteiger partial charge in [0.15, 0.2) is 0 Å². The maximum absolute atomic E-state index is 4.67. The maximum atomic E-state index is 4.67. The molecule has 0 saturated carbocycles. The molecule has 0 aliphatic heterocycles. The van der Waals surface area contributed by atoms with Gasteiger partial charge < -0.3 is 10.6 Å². The largest absolute Gasteiger partial charge is 0.665 e. The first-order valence-corrected chi connectivity index (χ1v) is 10.7. The first kappa shape index (κ1) is 28.0. The van der Waals surface area contributed by atoms with Gasteiger partial charge in [-0.05, 0) is 0 Å². The van der Waals surface area contributed by atoms with Crippen LogP contribution in [-0.2, 0) is 18.2 Å². The van der Waals surface area contributed by atoms with Crippen molar-refractivity contribution >= 4 is 0 Å². The van der Waals surface area contributed by atoms with E-state index >= 15 is 0 Å². The Hall–Kier alpha value is 0.208. The van der Waals surface area contributed by atoms with E-state index < -0.39 is 18.2 Å². The fraction of sp³-hybridized carbons (Fsp3) is 1.00. The Balaban J connectivity index is -0.000000329. The molecule has 0 fully saturated rings. The van der Waals surface area contributed by atoms with Crippen LogP contribution in [0.2, 0.25) is 0 Å². The van der Waals surface area contributed by atoms with Crippen molar-refractivity contribution in [3.8, 4) is 0 Å². The minimum absolute atomic E-state index is 0.148. The second-order valence-corrected chi connectivity index (χ2v) is 7.97. The van der Waals surface area contributed by atoms with Crippen molar-refractivity contribution in [2.45, 2.75) is 92.2 Å². The Labute approximate surface area is 155 Å². The molecule has 0 aromatic heterocycles. The zero-order valence-electron chi connectivity index (χ0n) is 17.4. The van der Waals surface area contributed by atoms with Crippen LogP contribution < -0.4 is 0 Å². The summed E-state index contributed by atoms with van der Waals surface area (Å²) < 4.78 is 9.34. The van der Waals surface area contributed by atoms with Crippen LogP contribution in [0.15, 0.2) is 6.99 Å². The van der Waals surface area contributed by atoms with Crippen molar-refractivity contribution in [2.75, 3.05) is 27.2 Å². The summed E-state index contributed by atoms with van der Waals surface area (Å²) >= 11 is -0.492. The number of rotatable bonds is 8. The van der Waals surface area contributed by atoms with E-state index in [9.17, 15) is 0 Å². The van der Waals surface area contributed by atoms with Crippen molar-refractivity contribution < 1.29 is 18.2 Å². The van der Waals surface area contributed by atoms with Crippen LogP contribution in [0.4, 0.5) is 0 Å². The van der Waals surface area contributed by atoms with E-state index in [2.05, 4.69) is 73.0 Å². The summed E-state index contributed by atoms with van der Waals surface area (Å²) in [6.45, 7) is 19.4. The van der Waals surface area contributed by atoms with Gasteiger partial charge in [-0.3, -0.25) is 0 Å². The topological polar surface area (TPSA) is 52.9 Å². The Morgan fingerprint density at radius 3 is 1.13 bits per heavy atom.